The molecule has 11 heteroatoms. The fourth-order valence-corrected chi connectivity index (χ4v) is 3.25. The smallest absolute Gasteiger partial charge is 0.291 e. The van der Waals surface area contributed by atoms with E-state index in [9.17, 15) is 18.4 Å². The van der Waals surface area contributed by atoms with Crippen LogP contribution in [-0.2, 0) is 6.54 Å². The Hall–Kier alpha value is -3.37. The molecule has 4 rings (SSSR count). The summed E-state index contributed by atoms with van der Waals surface area (Å²) in [5.74, 6) is 0.0142. The van der Waals surface area contributed by atoms with E-state index < -0.39 is 18.5 Å². The van der Waals surface area contributed by atoms with Crippen LogP contribution in [0.1, 0.15) is 10.6 Å². The summed E-state index contributed by atoms with van der Waals surface area (Å²) in [6.45, 7) is 1.56. The molecule has 1 N–H and O–H groups in total. The SMILES string of the molecule is O=C(c1ncn[nH]1)N1CCN(c2ccc3c(=O)n(CC(F)F)cnc3c2)CC1. The van der Waals surface area contributed by atoms with Gasteiger partial charge in [-0.25, -0.2) is 18.7 Å². The summed E-state index contributed by atoms with van der Waals surface area (Å²) < 4.78 is 26.0. The molecule has 1 aliphatic rings. The number of carbonyl (C=O) groups is 1. The first kappa shape index (κ1) is 18.0. The highest BCUT2D eigenvalue weighted by atomic mass is 19.3. The van der Waals surface area contributed by atoms with E-state index in [2.05, 4.69) is 25.1 Å². The van der Waals surface area contributed by atoms with Crippen molar-refractivity contribution in [1.82, 2.24) is 29.6 Å². The van der Waals surface area contributed by atoms with Crippen molar-refractivity contribution in [3.63, 3.8) is 0 Å². The second kappa shape index (κ2) is 7.33. The first-order valence-electron chi connectivity index (χ1n) is 8.70. The number of fused-ring (bicyclic) bond motifs is 1. The predicted octanol–water partition coefficient (Wildman–Crippen LogP) is 0.742. The largest absolute Gasteiger partial charge is 0.368 e. The minimum Gasteiger partial charge on any atom is -0.368 e. The number of H-pyrrole nitrogens is 1. The summed E-state index contributed by atoms with van der Waals surface area (Å²) in [5, 5.41) is 6.55. The monoisotopic (exact) mass is 389 g/mol. The van der Waals surface area contributed by atoms with Crippen molar-refractivity contribution in [1.29, 1.82) is 0 Å². The number of rotatable bonds is 4. The van der Waals surface area contributed by atoms with Crippen molar-refractivity contribution >= 4 is 22.5 Å². The van der Waals surface area contributed by atoms with Crippen LogP contribution in [0, 0.1) is 0 Å². The van der Waals surface area contributed by atoms with Gasteiger partial charge in [-0.1, -0.05) is 0 Å². The van der Waals surface area contributed by atoms with Crippen LogP contribution in [-0.4, -0.2) is 68.1 Å². The summed E-state index contributed by atoms with van der Waals surface area (Å²) >= 11 is 0. The molecule has 0 aliphatic carbocycles. The number of hydrogen-bond donors (Lipinski definition) is 1. The number of anilines is 1. The molecule has 0 atom stereocenters. The normalized spacial score (nSPS) is 14.8. The highest BCUT2D eigenvalue weighted by Crippen LogP contribution is 2.21. The first-order chi connectivity index (χ1) is 13.5. The molecule has 0 bridgehead atoms. The standard InChI is InChI=1S/C17H17F2N7O2/c18-14(19)8-26-10-21-13-7-11(1-2-12(13)16(26)27)24-3-5-25(6-4-24)17(28)15-20-9-22-23-15/h1-2,7,9-10,14H,3-6,8H2,(H,20,22,23). The molecule has 3 heterocycles. The van der Waals surface area contributed by atoms with Gasteiger partial charge in [-0.05, 0) is 18.2 Å². The van der Waals surface area contributed by atoms with Crippen LogP contribution in [0.3, 0.4) is 0 Å². The van der Waals surface area contributed by atoms with Crippen molar-refractivity contribution in [2.75, 3.05) is 31.1 Å². The maximum absolute atomic E-state index is 12.6. The number of carbonyl (C=O) groups excluding carboxylic acids is 1. The molecular formula is C17H17F2N7O2. The van der Waals surface area contributed by atoms with Crippen molar-refractivity contribution in [3.05, 3.63) is 47.0 Å². The van der Waals surface area contributed by atoms with E-state index in [0.717, 1.165) is 16.6 Å². The van der Waals surface area contributed by atoms with E-state index in [-0.39, 0.29) is 11.7 Å². The van der Waals surface area contributed by atoms with E-state index in [4.69, 9.17) is 0 Å². The van der Waals surface area contributed by atoms with Gasteiger partial charge in [0.1, 0.15) is 6.33 Å². The molecule has 28 heavy (non-hydrogen) atoms. The van der Waals surface area contributed by atoms with Crippen molar-refractivity contribution in [2.24, 2.45) is 0 Å². The van der Waals surface area contributed by atoms with Gasteiger partial charge in [-0.3, -0.25) is 19.3 Å². The number of benzene rings is 1. The number of aromatic amines is 1. The Balaban J connectivity index is 1.49. The molecule has 0 spiro atoms. The Bertz CT molecular complexity index is 1040. The Morgan fingerprint density at radius 1 is 1.18 bits per heavy atom. The lowest BCUT2D eigenvalue weighted by atomic mass is 10.2. The number of alkyl halides is 2. The molecule has 0 radical (unpaired) electrons. The van der Waals surface area contributed by atoms with Crippen molar-refractivity contribution in [3.8, 4) is 0 Å². The van der Waals surface area contributed by atoms with Crippen LogP contribution >= 0.6 is 0 Å². The third kappa shape index (κ3) is 3.42. The van der Waals surface area contributed by atoms with E-state index in [1.165, 1.54) is 6.33 Å². The summed E-state index contributed by atoms with van der Waals surface area (Å²) in [6.07, 6.45) is -0.178. The van der Waals surface area contributed by atoms with Gasteiger partial charge in [0.15, 0.2) is 0 Å². The maximum atomic E-state index is 12.6. The van der Waals surface area contributed by atoms with Gasteiger partial charge >= 0.3 is 0 Å². The Labute approximate surface area is 157 Å². The van der Waals surface area contributed by atoms with Crippen LogP contribution < -0.4 is 10.5 Å². The molecule has 3 aromatic rings. The molecule has 0 saturated carbocycles. The van der Waals surface area contributed by atoms with E-state index >= 15 is 0 Å². The fourth-order valence-electron chi connectivity index (χ4n) is 3.25. The Kier molecular flexibility index (Phi) is 4.72. The second-order valence-corrected chi connectivity index (χ2v) is 6.41. The van der Waals surface area contributed by atoms with Crippen molar-refractivity contribution < 1.29 is 13.6 Å². The van der Waals surface area contributed by atoms with Gasteiger partial charge in [-0.15, -0.1) is 0 Å². The number of aromatic nitrogens is 5. The Morgan fingerprint density at radius 2 is 1.96 bits per heavy atom. The number of halogens is 2. The summed E-state index contributed by atoms with van der Waals surface area (Å²) in [6, 6.07) is 5.14. The van der Waals surface area contributed by atoms with Gasteiger partial charge in [-0.2, -0.15) is 5.10 Å². The molecule has 146 valence electrons. The third-order valence-electron chi connectivity index (χ3n) is 4.69. The number of hydrogen-bond acceptors (Lipinski definition) is 6. The molecule has 9 nitrogen and oxygen atoms in total. The molecule has 1 aromatic carbocycles. The number of piperazine rings is 1. The van der Waals surface area contributed by atoms with Crippen LogP contribution in [0.5, 0.6) is 0 Å². The Morgan fingerprint density at radius 3 is 2.64 bits per heavy atom. The molecular weight excluding hydrogens is 372 g/mol. The van der Waals surface area contributed by atoms with Crippen LogP contribution in [0.15, 0.2) is 35.6 Å². The zero-order chi connectivity index (χ0) is 19.7. The minimum atomic E-state index is -2.62. The lowest BCUT2D eigenvalue weighted by molar-refractivity contribution is 0.0735. The second-order valence-electron chi connectivity index (χ2n) is 6.41. The van der Waals surface area contributed by atoms with Crippen LogP contribution in [0.25, 0.3) is 10.9 Å². The molecule has 1 fully saturated rings. The fraction of sp³-hybridized carbons (Fsp3) is 0.353. The average Bonchev–Trinajstić information content (AvgIpc) is 3.24. The average molecular weight is 389 g/mol. The summed E-state index contributed by atoms with van der Waals surface area (Å²) in [4.78, 5) is 36.4. The minimum absolute atomic E-state index is 0.197. The molecule has 1 amide bonds. The highest BCUT2D eigenvalue weighted by Gasteiger charge is 2.24. The predicted molar refractivity (Wildman–Crippen MR) is 96.5 cm³/mol. The maximum Gasteiger partial charge on any atom is 0.291 e. The molecule has 1 aliphatic heterocycles. The topological polar surface area (TPSA) is 100 Å². The van der Waals surface area contributed by atoms with Gasteiger partial charge in [0, 0.05) is 31.9 Å². The number of nitrogens with one attached hydrogen (secondary N) is 1. The van der Waals surface area contributed by atoms with Gasteiger partial charge in [0.25, 0.3) is 17.9 Å². The quantitative estimate of drug-likeness (QED) is 0.707. The summed E-state index contributed by atoms with van der Waals surface area (Å²) in [5.41, 5.74) is 0.824. The zero-order valence-electron chi connectivity index (χ0n) is 14.8. The lowest BCUT2D eigenvalue weighted by Gasteiger charge is -2.35. The number of amides is 1. The van der Waals surface area contributed by atoms with Crippen molar-refractivity contribution in [2.45, 2.75) is 13.0 Å². The van der Waals surface area contributed by atoms with Gasteiger partial charge in [0.05, 0.1) is 23.8 Å². The number of nitrogens with zero attached hydrogens (tertiary/aromatic N) is 6. The molecule has 2 aromatic heterocycles. The third-order valence-corrected chi connectivity index (χ3v) is 4.69. The van der Waals surface area contributed by atoms with Gasteiger partial charge < -0.3 is 9.80 Å². The molecule has 1 saturated heterocycles. The first-order valence-corrected chi connectivity index (χ1v) is 8.70. The van der Waals surface area contributed by atoms with E-state index in [1.54, 1.807) is 23.1 Å². The zero-order valence-corrected chi connectivity index (χ0v) is 14.8. The highest BCUT2D eigenvalue weighted by molar-refractivity contribution is 5.90. The van der Waals surface area contributed by atoms with Crippen LogP contribution in [0.2, 0.25) is 0 Å². The van der Waals surface area contributed by atoms with E-state index in [0.29, 0.717) is 37.1 Å². The summed E-state index contributed by atoms with van der Waals surface area (Å²) in [7, 11) is 0. The lowest BCUT2D eigenvalue weighted by Crippen LogP contribution is -2.49. The molecule has 0 unspecified atom stereocenters. The van der Waals surface area contributed by atoms with E-state index in [1.807, 2.05) is 0 Å². The van der Waals surface area contributed by atoms with Crippen LogP contribution in [0.4, 0.5) is 14.5 Å². The van der Waals surface area contributed by atoms with Gasteiger partial charge in [0.2, 0.25) is 5.82 Å².